The van der Waals surface area contributed by atoms with Gasteiger partial charge in [0.1, 0.15) is 18.0 Å². The predicted octanol–water partition coefficient (Wildman–Crippen LogP) is 3.34. The van der Waals surface area contributed by atoms with Crippen LogP contribution < -0.4 is 10.6 Å². The van der Waals surface area contributed by atoms with Crippen LogP contribution in [0.15, 0.2) is 6.33 Å². The lowest BCUT2D eigenvalue weighted by molar-refractivity contribution is 0.415. The summed E-state index contributed by atoms with van der Waals surface area (Å²) in [7, 11) is 0. The van der Waals surface area contributed by atoms with Crippen LogP contribution in [-0.4, -0.2) is 22.6 Å². The Kier molecular flexibility index (Phi) is 4.61. The molecule has 0 bridgehead atoms. The first kappa shape index (κ1) is 14.1. The maximum absolute atomic E-state index is 6.07. The Hall–Kier alpha value is -1.32. The quantitative estimate of drug-likeness (QED) is 0.904. The van der Waals surface area contributed by atoms with E-state index in [1.165, 1.54) is 32.1 Å². The van der Waals surface area contributed by atoms with E-state index in [2.05, 4.69) is 35.6 Å². The van der Waals surface area contributed by atoms with Crippen LogP contribution in [0, 0.1) is 0 Å². The van der Waals surface area contributed by atoms with Crippen LogP contribution in [0.2, 0.25) is 0 Å². The van der Waals surface area contributed by atoms with E-state index in [1.54, 1.807) is 6.33 Å². The molecule has 4 heteroatoms. The van der Waals surface area contributed by atoms with Crippen LogP contribution in [0.4, 0.5) is 11.6 Å². The van der Waals surface area contributed by atoms with Gasteiger partial charge in [-0.1, -0.05) is 33.1 Å². The van der Waals surface area contributed by atoms with Gasteiger partial charge >= 0.3 is 0 Å². The Morgan fingerprint density at radius 1 is 1.26 bits per heavy atom. The molecule has 0 spiro atoms. The third kappa shape index (κ3) is 2.99. The maximum atomic E-state index is 6.07. The summed E-state index contributed by atoms with van der Waals surface area (Å²) in [5.74, 6) is 2.04. The highest BCUT2D eigenvalue weighted by molar-refractivity contribution is 5.58. The summed E-state index contributed by atoms with van der Waals surface area (Å²) in [6.45, 7) is 7.51. The van der Waals surface area contributed by atoms with E-state index in [0.717, 1.165) is 17.9 Å². The molecule has 0 atom stereocenters. The summed E-state index contributed by atoms with van der Waals surface area (Å²) in [4.78, 5) is 11.1. The van der Waals surface area contributed by atoms with E-state index in [4.69, 9.17) is 5.73 Å². The molecule has 2 rings (SSSR count). The zero-order valence-electron chi connectivity index (χ0n) is 12.4. The van der Waals surface area contributed by atoms with Crippen molar-refractivity contribution in [1.29, 1.82) is 0 Å². The van der Waals surface area contributed by atoms with E-state index in [1.807, 2.05) is 0 Å². The predicted molar refractivity (Wildman–Crippen MR) is 80.4 cm³/mol. The molecule has 0 radical (unpaired) electrons. The fraction of sp³-hybridized carbons (Fsp3) is 0.733. The van der Waals surface area contributed by atoms with Gasteiger partial charge < -0.3 is 10.6 Å². The molecular formula is C15H26N4. The summed E-state index contributed by atoms with van der Waals surface area (Å²) in [5.41, 5.74) is 7.17. The molecule has 0 aromatic carbocycles. The second-order valence-corrected chi connectivity index (χ2v) is 5.73. The van der Waals surface area contributed by atoms with Gasteiger partial charge in [0.15, 0.2) is 0 Å². The molecule has 1 aliphatic rings. The topological polar surface area (TPSA) is 55.0 Å². The third-order valence-corrected chi connectivity index (χ3v) is 4.10. The third-order valence-electron chi connectivity index (χ3n) is 4.10. The van der Waals surface area contributed by atoms with Gasteiger partial charge in [0, 0.05) is 18.2 Å². The summed E-state index contributed by atoms with van der Waals surface area (Å²) in [5, 5.41) is 0. The average Bonchev–Trinajstić information content (AvgIpc) is 2.40. The largest absolute Gasteiger partial charge is 0.383 e. The molecule has 0 unspecified atom stereocenters. The summed E-state index contributed by atoms with van der Waals surface area (Å²) < 4.78 is 0. The smallest absolute Gasteiger partial charge is 0.137 e. The molecule has 106 valence electrons. The molecule has 0 aliphatic heterocycles. The Labute approximate surface area is 116 Å². The van der Waals surface area contributed by atoms with Gasteiger partial charge in [0.05, 0.1) is 0 Å². The highest BCUT2D eigenvalue weighted by Gasteiger charge is 2.25. The van der Waals surface area contributed by atoms with Gasteiger partial charge in [-0.25, -0.2) is 9.97 Å². The van der Waals surface area contributed by atoms with E-state index in [0.29, 0.717) is 17.8 Å². The van der Waals surface area contributed by atoms with Crippen molar-refractivity contribution in [3.63, 3.8) is 0 Å². The molecule has 1 aliphatic carbocycles. The normalized spacial score (nSPS) is 16.8. The Morgan fingerprint density at radius 2 is 1.95 bits per heavy atom. The Morgan fingerprint density at radius 3 is 2.53 bits per heavy atom. The highest BCUT2D eigenvalue weighted by atomic mass is 15.2. The lowest BCUT2D eigenvalue weighted by atomic mass is 9.93. The zero-order chi connectivity index (χ0) is 13.8. The molecule has 2 N–H and O–H groups in total. The number of anilines is 2. The van der Waals surface area contributed by atoms with E-state index in [-0.39, 0.29) is 0 Å². The molecule has 1 aromatic heterocycles. The first-order chi connectivity index (χ1) is 9.15. The zero-order valence-corrected chi connectivity index (χ0v) is 12.4. The number of aromatic nitrogens is 2. The number of hydrogen-bond acceptors (Lipinski definition) is 4. The summed E-state index contributed by atoms with van der Waals surface area (Å²) in [6, 6.07) is 0.616. The van der Waals surface area contributed by atoms with Gasteiger partial charge in [-0.3, -0.25) is 0 Å². The first-order valence-electron chi connectivity index (χ1n) is 7.52. The minimum atomic E-state index is 0.355. The average molecular weight is 262 g/mol. The molecule has 19 heavy (non-hydrogen) atoms. The number of rotatable bonds is 4. The number of nitrogen functional groups attached to an aromatic ring is 1. The first-order valence-corrected chi connectivity index (χ1v) is 7.52. The van der Waals surface area contributed by atoms with E-state index < -0.39 is 0 Å². The van der Waals surface area contributed by atoms with Crippen LogP contribution in [0.1, 0.15) is 64.4 Å². The monoisotopic (exact) mass is 262 g/mol. The number of nitrogens with two attached hydrogens (primary N) is 1. The molecule has 0 amide bonds. The maximum Gasteiger partial charge on any atom is 0.137 e. The van der Waals surface area contributed by atoms with E-state index in [9.17, 15) is 0 Å². The lowest BCUT2D eigenvalue weighted by Gasteiger charge is -2.36. The molecule has 1 heterocycles. The van der Waals surface area contributed by atoms with Gasteiger partial charge in [-0.15, -0.1) is 0 Å². The Bertz CT molecular complexity index is 411. The van der Waals surface area contributed by atoms with Gasteiger partial charge in [-0.2, -0.15) is 0 Å². The van der Waals surface area contributed by atoms with E-state index >= 15 is 0 Å². The lowest BCUT2D eigenvalue weighted by Crippen LogP contribution is -2.38. The van der Waals surface area contributed by atoms with Crippen molar-refractivity contribution in [3.05, 3.63) is 11.9 Å². The van der Waals surface area contributed by atoms with Gasteiger partial charge in [0.25, 0.3) is 0 Å². The van der Waals surface area contributed by atoms with Crippen molar-refractivity contribution in [2.75, 3.05) is 17.2 Å². The molecule has 1 fully saturated rings. The van der Waals surface area contributed by atoms with Crippen molar-refractivity contribution in [1.82, 2.24) is 9.97 Å². The van der Waals surface area contributed by atoms with Crippen molar-refractivity contribution >= 4 is 11.6 Å². The van der Waals surface area contributed by atoms with Crippen LogP contribution in [0.3, 0.4) is 0 Å². The fourth-order valence-electron chi connectivity index (χ4n) is 3.16. The van der Waals surface area contributed by atoms with Crippen molar-refractivity contribution in [3.8, 4) is 0 Å². The SMILES string of the molecule is CCN(c1ncnc(N)c1C(C)C)C1CCCCC1. The van der Waals surface area contributed by atoms with Crippen LogP contribution in [-0.2, 0) is 0 Å². The van der Waals surface area contributed by atoms with Gasteiger partial charge in [-0.05, 0) is 25.7 Å². The minimum absolute atomic E-state index is 0.355. The Balaban J connectivity index is 2.34. The second-order valence-electron chi connectivity index (χ2n) is 5.73. The summed E-state index contributed by atoms with van der Waals surface area (Å²) in [6.07, 6.45) is 8.18. The highest BCUT2D eigenvalue weighted by Crippen LogP contribution is 2.33. The molecular weight excluding hydrogens is 236 g/mol. The van der Waals surface area contributed by atoms with Crippen LogP contribution in [0.5, 0.6) is 0 Å². The number of hydrogen-bond donors (Lipinski definition) is 1. The summed E-state index contributed by atoms with van der Waals surface area (Å²) >= 11 is 0. The minimum Gasteiger partial charge on any atom is -0.383 e. The fourth-order valence-corrected chi connectivity index (χ4v) is 3.16. The standard InChI is InChI=1S/C15H26N4/c1-4-19(12-8-6-5-7-9-12)15-13(11(2)3)14(16)17-10-18-15/h10-12H,4-9H2,1-3H3,(H2,16,17,18). The van der Waals surface area contributed by atoms with Crippen molar-refractivity contribution < 1.29 is 0 Å². The second kappa shape index (κ2) is 6.22. The molecule has 4 nitrogen and oxygen atoms in total. The van der Waals surface area contributed by atoms with Crippen molar-refractivity contribution in [2.24, 2.45) is 0 Å². The van der Waals surface area contributed by atoms with Crippen LogP contribution >= 0.6 is 0 Å². The van der Waals surface area contributed by atoms with Gasteiger partial charge in [0.2, 0.25) is 0 Å². The van der Waals surface area contributed by atoms with Crippen molar-refractivity contribution in [2.45, 2.75) is 64.8 Å². The molecule has 1 aromatic rings. The van der Waals surface area contributed by atoms with Crippen LogP contribution in [0.25, 0.3) is 0 Å². The molecule has 1 saturated carbocycles. The molecule has 0 saturated heterocycles. The number of nitrogens with zero attached hydrogens (tertiary/aromatic N) is 3.